The first kappa shape index (κ1) is 11.8. The summed E-state index contributed by atoms with van der Waals surface area (Å²) >= 11 is 1.70. The Morgan fingerprint density at radius 1 is 1.33 bits per heavy atom. The van der Waals surface area contributed by atoms with Gasteiger partial charge in [0.15, 0.2) is 0 Å². The number of hydrogen-bond donors (Lipinski definition) is 2. The molecule has 0 radical (unpaired) electrons. The van der Waals surface area contributed by atoms with Gasteiger partial charge in [-0.1, -0.05) is 30.3 Å². The van der Waals surface area contributed by atoms with Crippen LogP contribution in [-0.2, 0) is 11.8 Å². The highest BCUT2D eigenvalue weighted by Crippen LogP contribution is 2.51. The lowest BCUT2D eigenvalue weighted by Gasteiger charge is -2.26. The molecule has 3 nitrogen and oxygen atoms in total. The van der Waals surface area contributed by atoms with Crippen molar-refractivity contribution in [1.29, 1.82) is 0 Å². The van der Waals surface area contributed by atoms with E-state index in [0.29, 0.717) is 0 Å². The smallest absolute Gasteiger partial charge is 0.0941 e. The third kappa shape index (κ3) is 2.07. The molecule has 3 N–H and O–H groups in total. The first-order chi connectivity index (χ1) is 8.85. The van der Waals surface area contributed by atoms with Gasteiger partial charge in [-0.05, 0) is 18.4 Å². The molecule has 94 valence electrons. The largest absolute Gasteiger partial charge is 0.271 e. The highest BCUT2D eigenvalue weighted by molar-refractivity contribution is 7.09. The van der Waals surface area contributed by atoms with Gasteiger partial charge in [-0.3, -0.25) is 11.3 Å². The lowest BCUT2D eigenvalue weighted by Crippen LogP contribution is -2.45. The first-order valence-electron chi connectivity index (χ1n) is 6.25. The number of hydrazine groups is 1. The van der Waals surface area contributed by atoms with Crippen LogP contribution < -0.4 is 11.3 Å². The summed E-state index contributed by atoms with van der Waals surface area (Å²) in [5, 5.41) is 3.17. The van der Waals surface area contributed by atoms with Crippen LogP contribution in [0.4, 0.5) is 0 Å². The molecular formula is C14H17N3S. The highest BCUT2D eigenvalue weighted by atomic mass is 32.1. The van der Waals surface area contributed by atoms with Gasteiger partial charge in [-0.15, -0.1) is 11.3 Å². The molecular weight excluding hydrogens is 242 g/mol. The fourth-order valence-corrected chi connectivity index (χ4v) is 3.35. The molecule has 0 saturated heterocycles. The number of rotatable bonds is 5. The van der Waals surface area contributed by atoms with E-state index in [1.165, 1.54) is 18.4 Å². The Bertz CT molecular complexity index is 491. The summed E-state index contributed by atoms with van der Waals surface area (Å²) in [5.74, 6) is 5.78. The van der Waals surface area contributed by atoms with Crippen molar-refractivity contribution in [2.24, 2.45) is 5.84 Å². The Labute approximate surface area is 111 Å². The predicted molar refractivity (Wildman–Crippen MR) is 74.3 cm³/mol. The maximum atomic E-state index is 5.78. The molecule has 1 aliphatic carbocycles. The van der Waals surface area contributed by atoms with Crippen molar-refractivity contribution in [3.05, 3.63) is 52.5 Å². The first-order valence-corrected chi connectivity index (χ1v) is 7.13. The van der Waals surface area contributed by atoms with Crippen LogP contribution in [0.2, 0.25) is 0 Å². The topological polar surface area (TPSA) is 50.9 Å². The highest BCUT2D eigenvalue weighted by Gasteiger charge is 2.50. The van der Waals surface area contributed by atoms with Crippen LogP contribution in [0, 0.1) is 0 Å². The van der Waals surface area contributed by atoms with Gasteiger partial charge < -0.3 is 0 Å². The fraction of sp³-hybridized carbons (Fsp3) is 0.357. The van der Waals surface area contributed by atoms with E-state index < -0.39 is 0 Å². The van der Waals surface area contributed by atoms with Crippen LogP contribution in [0.15, 0.2) is 41.9 Å². The number of nitrogens with two attached hydrogens (primary N) is 1. The van der Waals surface area contributed by atoms with Gasteiger partial charge in [0, 0.05) is 29.5 Å². The number of nitrogens with one attached hydrogen (secondary N) is 1. The summed E-state index contributed by atoms with van der Waals surface area (Å²) < 4.78 is 0. The SMILES string of the molecule is NNC(Cc1nccs1)C1(c2ccccc2)CC1. The van der Waals surface area contributed by atoms with Gasteiger partial charge >= 0.3 is 0 Å². The van der Waals surface area contributed by atoms with E-state index >= 15 is 0 Å². The van der Waals surface area contributed by atoms with E-state index in [4.69, 9.17) is 5.84 Å². The molecule has 0 amide bonds. The zero-order valence-corrected chi connectivity index (χ0v) is 11.0. The van der Waals surface area contributed by atoms with E-state index in [1.807, 2.05) is 11.6 Å². The molecule has 0 bridgehead atoms. The van der Waals surface area contributed by atoms with E-state index in [0.717, 1.165) is 11.4 Å². The number of nitrogens with zero attached hydrogens (tertiary/aromatic N) is 1. The average molecular weight is 259 g/mol. The average Bonchev–Trinajstić information content (AvgIpc) is 3.07. The van der Waals surface area contributed by atoms with Crippen molar-refractivity contribution in [2.75, 3.05) is 0 Å². The molecule has 18 heavy (non-hydrogen) atoms. The minimum Gasteiger partial charge on any atom is -0.271 e. The molecule has 3 rings (SSSR count). The second kappa shape index (κ2) is 4.80. The number of thiazole rings is 1. The maximum absolute atomic E-state index is 5.78. The van der Waals surface area contributed by atoms with Crippen molar-refractivity contribution < 1.29 is 0 Å². The molecule has 2 aromatic rings. The third-order valence-electron chi connectivity index (χ3n) is 3.87. The Morgan fingerprint density at radius 3 is 2.67 bits per heavy atom. The van der Waals surface area contributed by atoms with Crippen molar-refractivity contribution in [2.45, 2.75) is 30.7 Å². The Kier molecular flexibility index (Phi) is 3.16. The molecule has 1 saturated carbocycles. The van der Waals surface area contributed by atoms with E-state index in [1.54, 1.807) is 11.3 Å². The summed E-state index contributed by atoms with van der Waals surface area (Å²) in [4.78, 5) is 4.36. The molecule has 1 unspecified atom stereocenters. The monoisotopic (exact) mass is 259 g/mol. The standard InChI is InChI=1S/C14H17N3S/c15-17-12(10-13-16-8-9-18-13)14(6-7-14)11-4-2-1-3-5-11/h1-5,8-9,12,17H,6-7,10,15H2. The summed E-state index contributed by atoms with van der Waals surface area (Å²) in [7, 11) is 0. The van der Waals surface area contributed by atoms with Gasteiger partial charge in [0.25, 0.3) is 0 Å². The number of benzene rings is 1. The number of aromatic nitrogens is 1. The van der Waals surface area contributed by atoms with Crippen LogP contribution in [0.5, 0.6) is 0 Å². The minimum atomic E-state index is 0.210. The Morgan fingerprint density at radius 2 is 2.11 bits per heavy atom. The lowest BCUT2D eigenvalue weighted by atomic mass is 9.86. The second-order valence-electron chi connectivity index (χ2n) is 4.87. The minimum absolute atomic E-state index is 0.210. The molecule has 1 heterocycles. The number of hydrogen-bond acceptors (Lipinski definition) is 4. The summed E-state index contributed by atoms with van der Waals surface area (Å²) in [5.41, 5.74) is 4.61. The fourth-order valence-electron chi connectivity index (χ4n) is 2.69. The summed E-state index contributed by atoms with van der Waals surface area (Å²) in [6.45, 7) is 0. The lowest BCUT2D eigenvalue weighted by molar-refractivity contribution is 0.420. The summed E-state index contributed by atoms with van der Waals surface area (Å²) in [6, 6.07) is 11.0. The quantitative estimate of drug-likeness (QED) is 0.639. The summed E-state index contributed by atoms with van der Waals surface area (Å²) in [6.07, 6.45) is 5.17. The van der Waals surface area contributed by atoms with Gasteiger partial charge in [0.05, 0.1) is 5.01 Å². The van der Waals surface area contributed by atoms with Crippen LogP contribution in [-0.4, -0.2) is 11.0 Å². The van der Waals surface area contributed by atoms with Crippen LogP contribution in [0.25, 0.3) is 0 Å². The van der Waals surface area contributed by atoms with Crippen molar-refractivity contribution in [3.63, 3.8) is 0 Å². The van der Waals surface area contributed by atoms with Crippen molar-refractivity contribution in [3.8, 4) is 0 Å². The van der Waals surface area contributed by atoms with Crippen LogP contribution in [0.1, 0.15) is 23.4 Å². The van der Waals surface area contributed by atoms with Gasteiger partial charge in [-0.2, -0.15) is 0 Å². The molecule has 0 spiro atoms. The maximum Gasteiger partial charge on any atom is 0.0941 e. The van der Waals surface area contributed by atoms with E-state index in [2.05, 4.69) is 40.7 Å². The Hall–Kier alpha value is -1.23. The zero-order valence-electron chi connectivity index (χ0n) is 10.2. The van der Waals surface area contributed by atoms with Gasteiger partial charge in [0.1, 0.15) is 0 Å². The Balaban J connectivity index is 1.83. The normalized spacial score (nSPS) is 18.5. The van der Waals surface area contributed by atoms with Crippen LogP contribution in [0.3, 0.4) is 0 Å². The molecule has 1 aromatic carbocycles. The van der Waals surface area contributed by atoms with E-state index in [-0.39, 0.29) is 11.5 Å². The van der Waals surface area contributed by atoms with Crippen molar-refractivity contribution >= 4 is 11.3 Å². The zero-order chi connectivity index (χ0) is 12.4. The molecule has 4 heteroatoms. The van der Waals surface area contributed by atoms with E-state index in [9.17, 15) is 0 Å². The molecule has 0 aliphatic heterocycles. The third-order valence-corrected chi connectivity index (χ3v) is 4.67. The molecule has 1 atom stereocenters. The predicted octanol–water partition coefficient (Wildman–Crippen LogP) is 2.25. The van der Waals surface area contributed by atoms with Gasteiger partial charge in [0.2, 0.25) is 0 Å². The van der Waals surface area contributed by atoms with Crippen molar-refractivity contribution in [1.82, 2.24) is 10.4 Å². The van der Waals surface area contributed by atoms with Crippen LogP contribution >= 0.6 is 11.3 Å². The molecule has 1 aliphatic rings. The molecule has 1 aromatic heterocycles. The second-order valence-corrected chi connectivity index (χ2v) is 5.85. The molecule has 1 fully saturated rings. The van der Waals surface area contributed by atoms with Gasteiger partial charge in [-0.25, -0.2) is 4.98 Å².